The molecule has 1 aromatic rings. The molecule has 0 spiro atoms. The third-order valence-electron chi connectivity index (χ3n) is 5.20. The van der Waals surface area contributed by atoms with Gasteiger partial charge in [0.2, 0.25) is 0 Å². The molecule has 30 heavy (non-hydrogen) atoms. The minimum absolute atomic E-state index is 0.366. The lowest BCUT2D eigenvalue weighted by Gasteiger charge is -2.13. The lowest BCUT2D eigenvalue weighted by Crippen LogP contribution is -2.25. The Balaban J connectivity index is 1.77. The lowest BCUT2D eigenvalue weighted by atomic mass is 10.2. The number of likely N-dealkylation sites (tertiary alicyclic amines) is 1. The summed E-state index contributed by atoms with van der Waals surface area (Å²) in [5, 5.41) is 4.74. The summed E-state index contributed by atoms with van der Waals surface area (Å²) in [6.07, 6.45) is 4.78. The predicted molar refractivity (Wildman–Crippen MR) is 117 cm³/mol. The minimum Gasteiger partial charge on any atom is -0.461 e. The zero-order valence-electron chi connectivity index (χ0n) is 17.7. The van der Waals surface area contributed by atoms with Crippen LogP contribution >= 0.6 is 0 Å². The molecule has 0 saturated carbocycles. The zero-order chi connectivity index (χ0) is 21.7. The van der Waals surface area contributed by atoms with Gasteiger partial charge in [0.25, 0.3) is 5.91 Å². The van der Waals surface area contributed by atoms with Gasteiger partial charge < -0.3 is 9.73 Å². The van der Waals surface area contributed by atoms with Crippen molar-refractivity contribution in [1.82, 2.24) is 15.5 Å². The topological polar surface area (TPSA) is 112 Å². The van der Waals surface area contributed by atoms with Crippen LogP contribution in [-0.4, -0.2) is 54.7 Å². The Labute approximate surface area is 176 Å². The van der Waals surface area contributed by atoms with Gasteiger partial charge in [0, 0.05) is 24.4 Å². The lowest BCUT2D eigenvalue weighted by molar-refractivity contribution is -0.120. The molecular formula is C21H28N6O3. The van der Waals surface area contributed by atoms with Gasteiger partial charge in [-0.05, 0) is 52.1 Å². The third-order valence-corrected chi connectivity index (χ3v) is 5.20. The number of nitrogens with one attached hydrogen (secondary N) is 2. The second-order valence-electron chi connectivity index (χ2n) is 7.40. The average molecular weight is 412 g/mol. The number of carbonyl (C=O) groups excluding carboxylic acids is 2. The van der Waals surface area contributed by atoms with Crippen molar-refractivity contribution in [2.75, 3.05) is 19.6 Å². The van der Waals surface area contributed by atoms with Gasteiger partial charge in [-0.25, -0.2) is 19.8 Å². The molecule has 9 heteroatoms. The van der Waals surface area contributed by atoms with Gasteiger partial charge in [0.15, 0.2) is 6.04 Å². The first-order valence-corrected chi connectivity index (χ1v) is 10.1. The number of hydrogen-bond acceptors (Lipinski definition) is 6. The van der Waals surface area contributed by atoms with Gasteiger partial charge in [0.05, 0.1) is 6.54 Å². The molecule has 3 rings (SSSR count). The number of amides is 3. The van der Waals surface area contributed by atoms with Crippen LogP contribution in [0.1, 0.15) is 51.2 Å². The number of rotatable bonds is 7. The Bertz CT molecular complexity index is 921. The van der Waals surface area contributed by atoms with Gasteiger partial charge >= 0.3 is 6.03 Å². The first-order chi connectivity index (χ1) is 14.4. The molecule has 2 fully saturated rings. The van der Waals surface area contributed by atoms with E-state index in [4.69, 9.17) is 4.42 Å². The van der Waals surface area contributed by atoms with Crippen LogP contribution in [-0.2, 0) is 11.2 Å². The van der Waals surface area contributed by atoms with Crippen LogP contribution in [0.5, 0.6) is 0 Å². The fourth-order valence-electron chi connectivity index (χ4n) is 3.35. The summed E-state index contributed by atoms with van der Waals surface area (Å²) in [6, 6.07) is 0.330. The monoisotopic (exact) mass is 412 g/mol. The number of allylic oxidation sites excluding steroid dienone is 1. The molecule has 3 heterocycles. The van der Waals surface area contributed by atoms with E-state index in [0.29, 0.717) is 36.0 Å². The highest BCUT2D eigenvalue weighted by Gasteiger charge is 2.34. The zero-order valence-corrected chi connectivity index (χ0v) is 17.7. The van der Waals surface area contributed by atoms with Crippen LogP contribution in [0.25, 0.3) is 0 Å². The van der Waals surface area contributed by atoms with Crippen LogP contribution in [0.3, 0.4) is 0 Å². The van der Waals surface area contributed by atoms with Crippen molar-refractivity contribution in [3.8, 4) is 0 Å². The van der Waals surface area contributed by atoms with E-state index in [1.165, 1.54) is 12.8 Å². The average Bonchev–Trinajstić information content (AvgIpc) is 3.45. The molecule has 1 unspecified atom stereocenters. The molecule has 0 aliphatic carbocycles. The second-order valence-corrected chi connectivity index (χ2v) is 7.40. The Morgan fingerprint density at radius 2 is 2.07 bits per heavy atom. The van der Waals surface area contributed by atoms with Crippen molar-refractivity contribution >= 4 is 35.9 Å². The van der Waals surface area contributed by atoms with E-state index in [1.54, 1.807) is 12.3 Å². The normalized spacial score (nSPS) is 21.2. The molecular weight excluding hydrogens is 384 g/mol. The molecule has 0 bridgehead atoms. The SMILES string of the molecule is C=NC(CN1CCCC1)=N/C=C(\C)C(C)=Nc1cc(C2NC(=O)NC2=O)oc1CC. The number of urea groups is 1. The number of carbonyl (C=O) groups is 2. The first kappa shape index (κ1) is 21.6. The summed E-state index contributed by atoms with van der Waals surface area (Å²) in [5.74, 6) is 1.27. The quantitative estimate of drug-likeness (QED) is 0.407. The number of aryl methyl sites for hydroxylation is 1. The van der Waals surface area contributed by atoms with E-state index in [0.717, 1.165) is 24.4 Å². The summed E-state index contributed by atoms with van der Waals surface area (Å²) >= 11 is 0. The standard InChI is InChI=1S/C21H28N6O3/c1-5-16-15(10-17(30-16)19-20(28)26-21(29)25-19)24-14(3)13(2)11-23-18(22-4)12-27-8-6-7-9-27/h10-11,19H,4-9,12H2,1-3H3,(H2,25,26,28,29)/b13-11+,23-18?,24-14?. The van der Waals surface area contributed by atoms with Crippen molar-refractivity contribution < 1.29 is 14.0 Å². The smallest absolute Gasteiger partial charge is 0.322 e. The molecule has 2 saturated heterocycles. The maximum Gasteiger partial charge on any atom is 0.322 e. The molecule has 2 N–H and O–H groups in total. The number of aliphatic imine (C=N–C) groups is 3. The number of amidine groups is 1. The van der Waals surface area contributed by atoms with Gasteiger partial charge in [-0.2, -0.15) is 0 Å². The van der Waals surface area contributed by atoms with Crippen molar-refractivity contribution in [3.05, 3.63) is 29.4 Å². The van der Waals surface area contributed by atoms with E-state index in [2.05, 4.69) is 37.2 Å². The summed E-state index contributed by atoms with van der Waals surface area (Å²) in [7, 11) is 0. The van der Waals surface area contributed by atoms with Crippen molar-refractivity contribution in [3.63, 3.8) is 0 Å². The van der Waals surface area contributed by atoms with E-state index in [-0.39, 0.29) is 0 Å². The van der Waals surface area contributed by atoms with Crippen LogP contribution in [0.4, 0.5) is 10.5 Å². The largest absolute Gasteiger partial charge is 0.461 e. The van der Waals surface area contributed by atoms with E-state index in [9.17, 15) is 9.59 Å². The predicted octanol–water partition coefficient (Wildman–Crippen LogP) is 2.91. The Kier molecular flexibility index (Phi) is 6.94. The van der Waals surface area contributed by atoms with Crippen molar-refractivity contribution in [2.45, 2.75) is 46.1 Å². The summed E-state index contributed by atoms with van der Waals surface area (Å²) in [5.41, 5.74) is 2.29. The molecule has 1 aromatic heterocycles. The maximum atomic E-state index is 11.9. The third kappa shape index (κ3) is 5.10. The van der Waals surface area contributed by atoms with Crippen LogP contribution in [0.2, 0.25) is 0 Å². The molecule has 0 aromatic carbocycles. The second kappa shape index (κ2) is 9.62. The minimum atomic E-state index is -0.833. The van der Waals surface area contributed by atoms with Crippen molar-refractivity contribution in [1.29, 1.82) is 0 Å². The van der Waals surface area contributed by atoms with E-state index < -0.39 is 18.0 Å². The Morgan fingerprint density at radius 1 is 1.33 bits per heavy atom. The highest BCUT2D eigenvalue weighted by Crippen LogP contribution is 2.30. The molecule has 0 radical (unpaired) electrons. The summed E-state index contributed by atoms with van der Waals surface area (Å²) in [6.45, 7) is 12.2. The summed E-state index contributed by atoms with van der Waals surface area (Å²) < 4.78 is 5.78. The van der Waals surface area contributed by atoms with Crippen LogP contribution < -0.4 is 10.6 Å². The fraction of sp³-hybridized carbons (Fsp3) is 0.476. The van der Waals surface area contributed by atoms with Gasteiger partial charge in [-0.1, -0.05) is 6.92 Å². The molecule has 9 nitrogen and oxygen atoms in total. The molecule has 2 aliphatic heterocycles. The fourth-order valence-corrected chi connectivity index (χ4v) is 3.35. The highest BCUT2D eigenvalue weighted by atomic mass is 16.3. The molecule has 2 aliphatic rings. The number of furan rings is 1. The number of nitrogens with zero attached hydrogens (tertiary/aromatic N) is 4. The summed E-state index contributed by atoms with van der Waals surface area (Å²) in [4.78, 5) is 38.8. The van der Waals surface area contributed by atoms with Gasteiger partial charge in [0.1, 0.15) is 23.0 Å². The van der Waals surface area contributed by atoms with Gasteiger partial charge in [-0.3, -0.25) is 15.0 Å². The van der Waals surface area contributed by atoms with Crippen LogP contribution in [0, 0.1) is 0 Å². The maximum absolute atomic E-state index is 11.9. The van der Waals surface area contributed by atoms with Crippen molar-refractivity contribution in [2.24, 2.45) is 15.0 Å². The van der Waals surface area contributed by atoms with Gasteiger partial charge in [-0.15, -0.1) is 0 Å². The van der Waals surface area contributed by atoms with E-state index in [1.807, 2.05) is 20.8 Å². The molecule has 3 amide bonds. The van der Waals surface area contributed by atoms with Crippen LogP contribution in [0.15, 0.2) is 37.2 Å². The van der Waals surface area contributed by atoms with E-state index >= 15 is 0 Å². The highest BCUT2D eigenvalue weighted by molar-refractivity contribution is 6.04. The Hall–Kier alpha value is -3.07. The molecule has 160 valence electrons. The first-order valence-electron chi connectivity index (χ1n) is 10.1. The molecule has 1 atom stereocenters. The number of imide groups is 1. The number of hydrogen-bond donors (Lipinski definition) is 2. The Morgan fingerprint density at radius 3 is 2.67 bits per heavy atom.